The molecule has 1 N–H and O–H groups in total. The summed E-state index contributed by atoms with van der Waals surface area (Å²) in [5.41, 5.74) is 0.439. The maximum atomic E-state index is 11.7. The molecule has 0 radical (unpaired) electrons. The van der Waals surface area contributed by atoms with Crippen LogP contribution in [-0.2, 0) is 4.74 Å². The van der Waals surface area contributed by atoms with Crippen LogP contribution in [-0.4, -0.2) is 11.1 Å². The molecule has 0 atom stereocenters. The zero-order valence-electron chi connectivity index (χ0n) is 13.6. The Morgan fingerprint density at radius 3 is 2.23 bits per heavy atom. The van der Waals surface area contributed by atoms with Crippen LogP contribution in [0.1, 0.15) is 75.1 Å². The lowest BCUT2D eigenvalue weighted by molar-refractivity contribution is 0.0662. The molecule has 0 unspecified atom stereocenters. The Balaban J connectivity index is 2.02. The Morgan fingerprint density at radius 1 is 1.00 bits per heavy atom. The fourth-order valence-corrected chi connectivity index (χ4v) is 2.24. The van der Waals surface area contributed by atoms with Crippen molar-refractivity contribution in [1.82, 2.24) is 0 Å². The van der Waals surface area contributed by atoms with E-state index in [1.54, 1.807) is 12.1 Å². The molecule has 0 amide bonds. The minimum Gasteiger partial charge on any atom is -0.508 e. The Labute approximate surface area is 134 Å². The lowest BCUT2D eigenvalue weighted by Gasteiger charge is -2.00. The molecular formula is C19H28O3. The minimum absolute atomic E-state index is 0.141. The number of carbonyl (C=O) groups excluding carboxylic acids is 1. The van der Waals surface area contributed by atoms with Gasteiger partial charge in [0.15, 0.2) is 0 Å². The van der Waals surface area contributed by atoms with Crippen LogP contribution in [0.2, 0.25) is 0 Å². The number of phenolic OH excluding ortho intramolecular Hbond substituents is 1. The van der Waals surface area contributed by atoms with E-state index in [2.05, 4.69) is 6.92 Å². The van der Waals surface area contributed by atoms with E-state index in [0.29, 0.717) is 5.56 Å². The van der Waals surface area contributed by atoms with Crippen LogP contribution in [0.4, 0.5) is 0 Å². The first kappa shape index (κ1) is 18.3. The monoisotopic (exact) mass is 304 g/mol. The smallest absolute Gasteiger partial charge is 0.342 e. The molecule has 0 aliphatic rings. The van der Waals surface area contributed by atoms with Gasteiger partial charge in [0.1, 0.15) is 5.75 Å². The molecule has 0 saturated carbocycles. The topological polar surface area (TPSA) is 46.5 Å². The highest BCUT2D eigenvalue weighted by molar-refractivity contribution is 5.89. The van der Waals surface area contributed by atoms with Crippen LogP contribution in [0.5, 0.6) is 5.75 Å². The fourth-order valence-electron chi connectivity index (χ4n) is 2.24. The van der Waals surface area contributed by atoms with Crippen LogP contribution in [0.25, 0.3) is 0 Å². The van der Waals surface area contributed by atoms with Crippen LogP contribution in [0.15, 0.2) is 36.6 Å². The Bertz CT molecular complexity index is 434. The summed E-state index contributed by atoms with van der Waals surface area (Å²) in [6.45, 7) is 2.24. The Kier molecular flexibility index (Phi) is 9.84. The van der Waals surface area contributed by atoms with Gasteiger partial charge in [0.05, 0.1) is 11.8 Å². The molecule has 0 bridgehead atoms. The van der Waals surface area contributed by atoms with Crippen LogP contribution < -0.4 is 0 Å². The van der Waals surface area contributed by atoms with Crippen molar-refractivity contribution >= 4 is 5.97 Å². The molecule has 3 heteroatoms. The van der Waals surface area contributed by atoms with Crippen LogP contribution in [0, 0.1) is 0 Å². The largest absolute Gasteiger partial charge is 0.508 e. The summed E-state index contributed by atoms with van der Waals surface area (Å²) in [7, 11) is 0. The lowest BCUT2D eigenvalue weighted by Crippen LogP contribution is -1.99. The molecule has 0 aliphatic carbocycles. The van der Waals surface area contributed by atoms with Crippen molar-refractivity contribution in [3.8, 4) is 5.75 Å². The second kappa shape index (κ2) is 11.8. The number of carbonyl (C=O) groups is 1. The predicted octanol–water partition coefficient (Wildman–Crippen LogP) is 5.59. The van der Waals surface area contributed by atoms with Gasteiger partial charge in [0, 0.05) is 0 Å². The zero-order chi connectivity index (χ0) is 16.0. The summed E-state index contributed by atoms with van der Waals surface area (Å²) in [6, 6.07) is 6.04. The van der Waals surface area contributed by atoms with Crippen LogP contribution >= 0.6 is 0 Å². The number of aromatic hydroxyl groups is 1. The number of unbranched alkanes of at least 4 members (excludes halogenated alkanes) is 8. The first-order valence-electron chi connectivity index (χ1n) is 8.39. The van der Waals surface area contributed by atoms with Gasteiger partial charge in [-0.15, -0.1) is 0 Å². The van der Waals surface area contributed by atoms with Gasteiger partial charge in [-0.1, -0.05) is 51.9 Å². The maximum absolute atomic E-state index is 11.7. The summed E-state index contributed by atoms with van der Waals surface area (Å²) in [5.74, 6) is -0.256. The molecule has 0 fully saturated rings. The van der Waals surface area contributed by atoms with Crippen LogP contribution in [0.3, 0.4) is 0 Å². The zero-order valence-corrected chi connectivity index (χ0v) is 13.6. The van der Waals surface area contributed by atoms with E-state index in [1.165, 1.54) is 63.3 Å². The van der Waals surface area contributed by atoms with Gasteiger partial charge in [-0.05, 0) is 43.2 Å². The van der Waals surface area contributed by atoms with Gasteiger partial charge in [0.2, 0.25) is 0 Å². The molecule has 0 saturated heterocycles. The second-order valence-corrected chi connectivity index (χ2v) is 5.59. The second-order valence-electron chi connectivity index (χ2n) is 5.59. The third-order valence-corrected chi connectivity index (χ3v) is 3.60. The quantitative estimate of drug-likeness (QED) is 0.329. The number of hydrogen-bond donors (Lipinski definition) is 1. The van der Waals surface area contributed by atoms with Crippen molar-refractivity contribution < 1.29 is 14.6 Å². The van der Waals surface area contributed by atoms with E-state index in [-0.39, 0.29) is 5.75 Å². The summed E-state index contributed by atoms with van der Waals surface area (Å²) in [5, 5.41) is 9.15. The third kappa shape index (κ3) is 8.50. The van der Waals surface area contributed by atoms with Crippen molar-refractivity contribution in [2.75, 3.05) is 0 Å². The molecule has 0 aliphatic heterocycles. The number of allylic oxidation sites excluding steroid dienone is 1. The van der Waals surface area contributed by atoms with Gasteiger partial charge in [-0.2, -0.15) is 0 Å². The van der Waals surface area contributed by atoms with E-state index in [0.717, 1.165) is 12.8 Å². The molecule has 22 heavy (non-hydrogen) atoms. The van der Waals surface area contributed by atoms with Gasteiger partial charge in [0.25, 0.3) is 0 Å². The molecule has 3 nitrogen and oxygen atoms in total. The number of rotatable bonds is 11. The molecule has 0 aromatic heterocycles. The third-order valence-electron chi connectivity index (χ3n) is 3.60. The highest BCUT2D eigenvalue weighted by Gasteiger charge is 2.04. The average Bonchev–Trinajstić information content (AvgIpc) is 2.53. The van der Waals surface area contributed by atoms with Gasteiger partial charge in [-0.25, -0.2) is 4.79 Å². The van der Waals surface area contributed by atoms with E-state index in [1.807, 2.05) is 6.08 Å². The number of esters is 1. The van der Waals surface area contributed by atoms with Gasteiger partial charge in [-0.3, -0.25) is 0 Å². The normalized spacial score (nSPS) is 11.0. The molecule has 1 aromatic rings. The molecule has 122 valence electrons. The van der Waals surface area contributed by atoms with Gasteiger partial charge >= 0.3 is 5.97 Å². The van der Waals surface area contributed by atoms with Crippen molar-refractivity contribution in [3.05, 3.63) is 42.2 Å². The molecular weight excluding hydrogens is 276 g/mol. The number of hydrogen-bond acceptors (Lipinski definition) is 3. The summed E-state index contributed by atoms with van der Waals surface area (Å²) in [4.78, 5) is 11.7. The summed E-state index contributed by atoms with van der Waals surface area (Å²) in [6.07, 6.45) is 14.7. The average molecular weight is 304 g/mol. The molecule has 0 spiro atoms. The van der Waals surface area contributed by atoms with Crippen molar-refractivity contribution in [2.45, 2.75) is 64.7 Å². The predicted molar refractivity (Wildman–Crippen MR) is 89.9 cm³/mol. The molecule has 1 rings (SSSR count). The van der Waals surface area contributed by atoms with Crippen molar-refractivity contribution in [1.29, 1.82) is 0 Å². The number of benzene rings is 1. The van der Waals surface area contributed by atoms with E-state index < -0.39 is 5.97 Å². The van der Waals surface area contributed by atoms with Crippen molar-refractivity contribution in [2.24, 2.45) is 0 Å². The first-order valence-corrected chi connectivity index (χ1v) is 8.39. The van der Waals surface area contributed by atoms with E-state index in [9.17, 15) is 4.79 Å². The minimum atomic E-state index is -0.396. The highest BCUT2D eigenvalue weighted by Crippen LogP contribution is 2.11. The highest BCUT2D eigenvalue weighted by atomic mass is 16.5. The van der Waals surface area contributed by atoms with E-state index in [4.69, 9.17) is 9.84 Å². The number of phenols is 1. The number of ether oxygens (including phenoxy) is 1. The maximum Gasteiger partial charge on any atom is 0.342 e. The van der Waals surface area contributed by atoms with Crippen molar-refractivity contribution in [3.63, 3.8) is 0 Å². The molecule has 0 heterocycles. The fraction of sp³-hybridized carbons (Fsp3) is 0.526. The van der Waals surface area contributed by atoms with E-state index >= 15 is 0 Å². The lowest BCUT2D eigenvalue weighted by atomic mass is 10.1. The van der Waals surface area contributed by atoms with Gasteiger partial charge < -0.3 is 9.84 Å². The molecule has 1 aromatic carbocycles. The summed E-state index contributed by atoms with van der Waals surface area (Å²) >= 11 is 0. The Hall–Kier alpha value is -1.77. The standard InChI is InChI=1S/C19H28O3/c1-2-3-4-5-6-7-8-9-10-11-16-22-19(21)17-12-14-18(20)15-13-17/h11-16,20H,2-10H2,1H3/b16-11+. The summed E-state index contributed by atoms with van der Waals surface area (Å²) < 4.78 is 5.04. The first-order chi connectivity index (χ1) is 10.7. The Morgan fingerprint density at radius 2 is 1.59 bits per heavy atom. The SMILES string of the molecule is CCCCCCCCCC/C=C/OC(=O)c1ccc(O)cc1.